The predicted molar refractivity (Wildman–Crippen MR) is 160 cm³/mol. The van der Waals surface area contributed by atoms with Crippen LogP contribution in [0.15, 0.2) is 73.1 Å². The van der Waals surface area contributed by atoms with E-state index >= 15 is 0 Å². The first kappa shape index (κ1) is 29.9. The number of aromatic hydroxyl groups is 1. The lowest BCUT2D eigenvalue weighted by molar-refractivity contribution is -0.137. The summed E-state index contributed by atoms with van der Waals surface area (Å²) in [5.74, 6) is 0.0547. The number of phenols is 1. The Labute approximate surface area is 253 Å². The second kappa shape index (κ2) is 13.6. The van der Waals surface area contributed by atoms with E-state index in [2.05, 4.69) is 16.4 Å². The molecule has 1 aromatic heterocycles. The van der Waals surface area contributed by atoms with E-state index in [1.807, 2.05) is 30.3 Å². The van der Waals surface area contributed by atoms with Crippen molar-refractivity contribution in [3.8, 4) is 34.4 Å². The van der Waals surface area contributed by atoms with Crippen LogP contribution in [0.5, 0.6) is 17.2 Å². The van der Waals surface area contributed by atoms with Crippen LogP contribution in [0.4, 0.5) is 0 Å². The smallest absolute Gasteiger partial charge is 0.305 e. The van der Waals surface area contributed by atoms with Crippen LogP contribution in [0.2, 0.25) is 5.02 Å². The van der Waals surface area contributed by atoms with Crippen molar-refractivity contribution < 1.29 is 29.6 Å². The number of nitriles is 1. The van der Waals surface area contributed by atoms with Crippen molar-refractivity contribution in [2.45, 2.75) is 44.6 Å². The number of halogens is 1. The number of aliphatic carboxylic acids is 1. The minimum atomic E-state index is -1.03. The molecule has 43 heavy (non-hydrogen) atoms. The molecule has 10 heteroatoms. The second-order valence-electron chi connectivity index (χ2n) is 10.3. The number of aliphatic hydroxyl groups is 1. The summed E-state index contributed by atoms with van der Waals surface area (Å²) in [4.78, 5) is 15.3. The molecule has 4 N–H and O–H groups in total. The number of hydrogen-bond acceptors (Lipinski definition) is 8. The summed E-state index contributed by atoms with van der Waals surface area (Å²) in [7, 11) is 0. The van der Waals surface area contributed by atoms with E-state index in [4.69, 9.17) is 26.2 Å². The molecule has 0 bridgehead atoms. The number of pyridine rings is 1. The molecule has 220 valence electrons. The summed E-state index contributed by atoms with van der Waals surface area (Å²) in [6, 6.07) is 19.7. The Morgan fingerprint density at radius 3 is 2.74 bits per heavy atom. The molecule has 0 radical (unpaired) electrons. The minimum absolute atomic E-state index is 0.120. The van der Waals surface area contributed by atoms with Gasteiger partial charge in [0.25, 0.3) is 0 Å². The minimum Gasteiger partial charge on any atom is -0.508 e. The Kier molecular flexibility index (Phi) is 9.42. The van der Waals surface area contributed by atoms with Gasteiger partial charge in [-0.15, -0.1) is 0 Å². The van der Waals surface area contributed by atoms with E-state index in [0.29, 0.717) is 33.2 Å². The molecular weight excluding hydrogens is 570 g/mol. The Hall–Kier alpha value is -4.62. The van der Waals surface area contributed by atoms with Gasteiger partial charge in [0, 0.05) is 42.2 Å². The highest BCUT2D eigenvalue weighted by molar-refractivity contribution is 6.32. The van der Waals surface area contributed by atoms with Crippen LogP contribution in [-0.2, 0) is 24.4 Å². The highest BCUT2D eigenvalue weighted by Gasteiger charge is 2.28. The molecule has 1 aliphatic rings. The number of aromatic nitrogens is 1. The number of nitrogens with one attached hydrogen (secondary N) is 1. The van der Waals surface area contributed by atoms with Crippen molar-refractivity contribution in [3.05, 3.63) is 106 Å². The molecule has 3 aromatic carbocycles. The number of hydrogen-bond donors (Lipinski definition) is 4. The van der Waals surface area contributed by atoms with Crippen LogP contribution in [0.3, 0.4) is 0 Å². The molecular formula is C33H30ClN3O6. The maximum Gasteiger partial charge on any atom is 0.305 e. The van der Waals surface area contributed by atoms with Gasteiger partial charge in [-0.05, 0) is 59.4 Å². The van der Waals surface area contributed by atoms with E-state index in [9.17, 15) is 20.3 Å². The predicted octanol–water partition coefficient (Wildman–Crippen LogP) is 5.55. The van der Waals surface area contributed by atoms with Gasteiger partial charge in [0.05, 0.1) is 23.6 Å². The van der Waals surface area contributed by atoms with Gasteiger partial charge in [-0.2, -0.15) is 5.26 Å². The Morgan fingerprint density at radius 2 is 1.98 bits per heavy atom. The number of rotatable bonds is 12. The lowest BCUT2D eigenvalue weighted by Crippen LogP contribution is -2.34. The molecule has 0 unspecified atom stereocenters. The number of benzene rings is 3. The zero-order valence-electron chi connectivity index (χ0n) is 23.2. The van der Waals surface area contributed by atoms with Crippen LogP contribution in [0, 0.1) is 11.3 Å². The van der Waals surface area contributed by atoms with Gasteiger partial charge in [-0.1, -0.05) is 41.9 Å². The van der Waals surface area contributed by atoms with Crippen molar-refractivity contribution >= 4 is 17.6 Å². The number of carboxylic acid groups (broad SMARTS) is 1. The fourth-order valence-electron chi connectivity index (χ4n) is 5.23. The summed E-state index contributed by atoms with van der Waals surface area (Å²) in [5.41, 5.74) is 5.93. The van der Waals surface area contributed by atoms with E-state index in [-0.39, 0.29) is 38.0 Å². The second-order valence-corrected chi connectivity index (χ2v) is 10.7. The number of ether oxygens (including phenoxy) is 2. The first-order valence-corrected chi connectivity index (χ1v) is 14.2. The van der Waals surface area contributed by atoms with Crippen LogP contribution in [0.1, 0.15) is 46.8 Å². The van der Waals surface area contributed by atoms with E-state index in [1.54, 1.807) is 36.5 Å². The van der Waals surface area contributed by atoms with Crippen molar-refractivity contribution in [3.63, 3.8) is 0 Å². The normalized spacial score (nSPS) is 14.5. The molecule has 0 amide bonds. The highest BCUT2D eigenvalue weighted by atomic mass is 35.5. The average Bonchev–Trinajstić information content (AvgIpc) is 3.42. The number of phenolic OH excluding ortho intramolecular Hbond substituents is 1. The quantitative estimate of drug-likeness (QED) is 0.165. The molecule has 2 atom stereocenters. The Balaban J connectivity index is 1.41. The zero-order valence-corrected chi connectivity index (χ0v) is 23.9. The molecule has 9 nitrogen and oxygen atoms in total. The Bertz CT molecular complexity index is 1670. The third-order valence-corrected chi connectivity index (χ3v) is 7.59. The van der Waals surface area contributed by atoms with Crippen molar-refractivity contribution in [2.75, 3.05) is 6.61 Å². The zero-order chi connectivity index (χ0) is 30.3. The summed E-state index contributed by atoms with van der Waals surface area (Å²) in [6.07, 6.45) is 4.10. The van der Waals surface area contributed by atoms with Crippen LogP contribution in [0.25, 0.3) is 11.1 Å². The summed E-state index contributed by atoms with van der Waals surface area (Å²) in [5, 5.41) is 41.4. The lowest BCUT2D eigenvalue weighted by atomic mass is 9.96. The maximum atomic E-state index is 11.2. The number of carbonyl (C=O) groups is 1. The molecule has 0 saturated heterocycles. The summed E-state index contributed by atoms with van der Waals surface area (Å²) < 4.78 is 12.6. The standard InChI is InChI=1S/C33H30ClN3O6/c34-29-11-23(17-37-24(18-38)12-33(40)41)31(42-19-21-9-20(14-35)15-36-16-21)13-32(29)43-30-8-7-27-26(5-2-6-28(27)30)22-3-1-4-25(39)10-22/h1-6,9-11,13,15-16,24,30,37-39H,7-8,12,17-19H2,(H,40,41)/t24-,30+/m1/s1. The first-order chi connectivity index (χ1) is 20.8. The van der Waals surface area contributed by atoms with Crippen molar-refractivity contribution in [2.24, 2.45) is 0 Å². The van der Waals surface area contributed by atoms with Crippen LogP contribution < -0.4 is 14.8 Å². The van der Waals surface area contributed by atoms with E-state index in [1.165, 1.54) is 6.20 Å². The molecule has 1 aliphatic carbocycles. The van der Waals surface area contributed by atoms with Gasteiger partial charge < -0.3 is 30.1 Å². The molecule has 0 spiro atoms. The molecule has 0 saturated carbocycles. The molecule has 5 rings (SSSR count). The van der Waals surface area contributed by atoms with Crippen LogP contribution >= 0.6 is 11.6 Å². The van der Waals surface area contributed by atoms with Gasteiger partial charge in [0.2, 0.25) is 0 Å². The van der Waals surface area contributed by atoms with Gasteiger partial charge in [-0.3, -0.25) is 9.78 Å². The topological polar surface area (TPSA) is 145 Å². The molecule has 4 aromatic rings. The van der Waals surface area contributed by atoms with E-state index < -0.39 is 12.0 Å². The number of carboxylic acids is 1. The molecule has 1 heterocycles. The van der Waals surface area contributed by atoms with Gasteiger partial charge in [0.15, 0.2) is 0 Å². The largest absolute Gasteiger partial charge is 0.508 e. The maximum absolute atomic E-state index is 11.2. The third-order valence-electron chi connectivity index (χ3n) is 7.30. The average molecular weight is 600 g/mol. The molecule has 0 fully saturated rings. The molecule has 0 aliphatic heterocycles. The number of fused-ring (bicyclic) bond motifs is 1. The summed E-state index contributed by atoms with van der Waals surface area (Å²) >= 11 is 6.72. The fraction of sp³-hybridized carbons (Fsp3) is 0.242. The summed E-state index contributed by atoms with van der Waals surface area (Å²) in [6.45, 7) is -0.0473. The highest BCUT2D eigenvalue weighted by Crippen LogP contribution is 2.43. The Morgan fingerprint density at radius 1 is 1.14 bits per heavy atom. The number of aliphatic hydroxyl groups excluding tert-OH is 1. The van der Waals surface area contributed by atoms with Crippen molar-refractivity contribution in [1.82, 2.24) is 10.3 Å². The lowest BCUT2D eigenvalue weighted by Gasteiger charge is -2.21. The SMILES string of the molecule is N#Cc1cncc(COc2cc(O[C@H]3CCc4c(-c5cccc(O)c5)cccc43)c(Cl)cc2CN[C@@H](CO)CC(=O)O)c1. The van der Waals surface area contributed by atoms with Crippen molar-refractivity contribution in [1.29, 1.82) is 5.26 Å². The van der Waals surface area contributed by atoms with Crippen LogP contribution in [-0.4, -0.2) is 38.9 Å². The number of nitrogens with zero attached hydrogens (tertiary/aromatic N) is 2. The fourth-order valence-corrected chi connectivity index (χ4v) is 5.46. The monoisotopic (exact) mass is 599 g/mol. The van der Waals surface area contributed by atoms with Gasteiger partial charge in [0.1, 0.15) is 36.0 Å². The third kappa shape index (κ3) is 7.24. The first-order valence-electron chi connectivity index (χ1n) is 13.8. The van der Waals surface area contributed by atoms with E-state index in [0.717, 1.165) is 35.1 Å². The van der Waals surface area contributed by atoms with Gasteiger partial charge >= 0.3 is 5.97 Å². The van der Waals surface area contributed by atoms with Gasteiger partial charge in [-0.25, -0.2) is 0 Å².